The average molecular weight is 538 g/mol. The zero-order chi connectivity index (χ0) is 23.9. The molecule has 5 nitrogen and oxygen atoms in total. The minimum Gasteiger partial charge on any atom is -0.497 e. The Hall–Kier alpha value is -2.41. The molecular weight excluding hydrogens is 502 g/mol. The number of halogens is 3. The molecule has 1 saturated heterocycles. The number of benzene rings is 2. The van der Waals surface area contributed by atoms with Crippen molar-refractivity contribution in [1.82, 2.24) is 9.88 Å². The number of nitrogens with zero attached hydrogens (tertiary/aromatic N) is 2. The van der Waals surface area contributed by atoms with Crippen LogP contribution in [0.3, 0.4) is 0 Å². The summed E-state index contributed by atoms with van der Waals surface area (Å²) in [7, 11) is 1.59. The number of piperidine rings is 1. The predicted octanol–water partition coefficient (Wildman–Crippen LogP) is 6.53. The van der Waals surface area contributed by atoms with Crippen LogP contribution in [0.25, 0.3) is 10.9 Å². The van der Waals surface area contributed by atoms with Gasteiger partial charge in [-0.25, -0.2) is 4.39 Å². The molecule has 2 heterocycles. The Morgan fingerprint density at radius 3 is 2.69 bits per heavy atom. The Labute approximate surface area is 224 Å². The van der Waals surface area contributed by atoms with Crippen LogP contribution < -0.4 is 4.74 Å². The first-order valence-electron chi connectivity index (χ1n) is 12.1. The van der Waals surface area contributed by atoms with Gasteiger partial charge in [0.05, 0.1) is 18.5 Å². The lowest BCUT2D eigenvalue weighted by molar-refractivity contribution is -0.146. The SMILES string of the molecule is COc1ccc2nccc([C@@H](F)CC[C@@H]3CCN(CCCc4ccccc4)C[C@@H]3C(=O)O)c2c1.Cl.Cl. The predicted molar refractivity (Wildman–Crippen MR) is 146 cm³/mol. The lowest BCUT2D eigenvalue weighted by Gasteiger charge is -2.37. The molecule has 2 aromatic carbocycles. The number of carboxylic acid groups (broad SMARTS) is 1. The fourth-order valence-corrected chi connectivity index (χ4v) is 5.11. The zero-order valence-electron chi connectivity index (χ0n) is 20.5. The van der Waals surface area contributed by atoms with E-state index in [1.54, 1.807) is 19.4 Å². The molecule has 0 amide bonds. The van der Waals surface area contributed by atoms with Crippen molar-refractivity contribution in [1.29, 1.82) is 0 Å². The Morgan fingerprint density at radius 2 is 1.97 bits per heavy atom. The Balaban J connectivity index is 0.00000228. The molecule has 8 heteroatoms. The number of fused-ring (bicyclic) bond motifs is 1. The van der Waals surface area contributed by atoms with E-state index in [0.717, 1.165) is 43.3 Å². The van der Waals surface area contributed by atoms with Crippen LogP contribution in [0.2, 0.25) is 0 Å². The topological polar surface area (TPSA) is 62.7 Å². The molecule has 3 atom stereocenters. The molecule has 36 heavy (non-hydrogen) atoms. The van der Waals surface area contributed by atoms with E-state index in [0.29, 0.717) is 30.7 Å². The number of rotatable bonds is 10. The van der Waals surface area contributed by atoms with Crippen molar-refractivity contribution in [2.45, 2.75) is 38.3 Å². The van der Waals surface area contributed by atoms with Crippen LogP contribution in [0.5, 0.6) is 5.75 Å². The smallest absolute Gasteiger partial charge is 0.308 e. The maximum atomic E-state index is 15.4. The number of ether oxygens (including phenoxy) is 1. The molecular formula is C28H35Cl2FN2O3. The van der Waals surface area contributed by atoms with E-state index < -0.39 is 18.1 Å². The molecule has 3 aromatic rings. The van der Waals surface area contributed by atoms with Crippen molar-refractivity contribution in [3.05, 3.63) is 71.9 Å². The highest BCUT2D eigenvalue weighted by atomic mass is 35.5. The van der Waals surface area contributed by atoms with Gasteiger partial charge < -0.3 is 14.7 Å². The second-order valence-electron chi connectivity index (χ2n) is 9.21. The normalized spacial score (nSPS) is 18.6. The number of methoxy groups -OCH3 is 1. The number of hydrogen-bond donors (Lipinski definition) is 1. The molecule has 1 aliphatic rings. The summed E-state index contributed by atoms with van der Waals surface area (Å²) in [5.74, 6) is -0.567. The van der Waals surface area contributed by atoms with Crippen LogP contribution in [-0.2, 0) is 11.2 Å². The van der Waals surface area contributed by atoms with Gasteiger partial charge in [-0.1, -0.05) is 30.3 Å². The van der Waals surface area contributed by atoms with E-state index in [1.807, 2.05) is 36.4 Å². The Morgan fingerprint density at radius 1 is 1.19 bits per heavy atom. The number of alkyl halides is 1. The second kappa shape index (κ2) is 14.4. The van der Waals surface area contributed by atoms with Gasteiger partial charge in [0.1, 0.15) is 11.9 Å². The summed E-state index contributed by atoms with van der Waals surface area (Å²) in [5.41, 5.74) is 2.63. The van der Waals surface area contributed by atoms with Crippen LogP contribution in [0, 0.1) is 11.8 Å². The summed E-state index contributed by atoms with van der Waals surface area (Å²) < 4.78 is 20.7. The first-order valence-corrected chi connectivity index (χ1v) is 12.1. The Kier molecular flexibility index (Phi) is 11.9. The molecule has 4 rings (SSSR count). The van der Waals surface area contributed by atoms with E-state index in [9.17, 15) is 9.90 Å². The molecule has 0 saturated carbocycles. The maximum Gasteiger partial charge on any atom is 0.308 e. The lowest BCUT2D eigenvalue weighted by atomic mass is 9.81. The Bertz CT molecular complexity index is 1100. The third-order valence-corrected chi connectivity index (χ3v) is 7.05. The highest BCUT2D eigenvalue weighted by Crippen LogP contribution is 2.35. The van der Waals surface area contributed by atoms with Gasteiger partial charge in [0.15, 0.2) is 0 Å². The van der Waals surface area contributed by atoms with E-state index in [-0.39, 0.29) is 30.7 Å². The highest BCUT2D eigenvalue weighted by Gasteiger charge is 2.34. The minimum absolute atomic E-state index is 0. The number of carbonyl (C=O) groups is 1. The molecule has 0 radical (unpaired) electrons. The number of likely N-dealkylation sites (tertiary alicyclic amines) is 1. The number of aromatic nitrogens is 1. The number of hydrogen-bond acceptors (Lipinski definition) is 4. The van der Waals surface area contributed by atoms with E-state index in [1.165, 1.54) is 5.56 Å². The lowest BCUT2D eigenvalue weighted by Crippen LogP contribution is -2.44. The molecule has 0 unspecified atom stereocenters. The van der Waals surface area contributed by atoms with Crippen LogP contribution in [0.4, 0.5) is 4.39 Å². The van der Waals surface area contributed by atoms with Gasteiger partial charge in [0, 0.05) is 18.1 Å². The highest BCUT2D eigenvalue weighted by molar-refractivity contribution is 5.85. The molecule has 1 aromatic heterocycles. The van der Waals surface area contributed by atoms with Crippen molar-refractivity contribution >= 4 is 41.7 Å². The van der Waals surface area contributed by atoms with Crippen molar-refractivity contribution in [3.8, 4) is 5.75 Å². The summed E-state index contributed by atoms with van der Waals surface area (Å²) in [6.45, 7) is 2.30. The van der Waals surface area contributed by atoms with Crippen LogP contribution in [-0.4, -0.2) is 47.7 Å². The molecule has 1 fully saturated rings. The summed E-state index contributed by atoms with van der Waals surface area (Å²) in [4.78, 5) is 18.6. The van der Waals surface area contributed by atoms with E-state index in [2.05, 4.69) is 22.0 Å². The summed E-state index contributed by atoms with van der Waals surface area (Å²) >= 11 is 0. The molecule has 196 valence electrons. The molecule has 1 N–H and O–H groups in total. The van der Waals surface area contributed by atoms with Crippen LogP contribution >= 0.6 is 24.8 Å². The summed E-state index contributed by atoms with van der Waals surface area (Å²) in [5, 5.41) is 10.6. The van der Waals surface area contributed by atoms with E-state index in [4.69, 9.17) is 4.74 Å². The van der Waals surface area contributed by atoms with Crippen molar-refractivity contribution < 1.29 is 19.0 Å². The zero-order valence-corrected chi connectivity index (χ0v) is 22.1. The minimum atomic E-state index is -1.17. The monoisotopic (exact) mass is 536 g/mol. The number of aliphatic carboxylic acids is 1. The third-order valence-electron chi connectivity index (χ3n) is 7.05. The number of carboxylic acids is 1. The maximum absolute atomic E-state index is 15.4. The van der Waals surface area contributed by atoms with Gasteiger partial charge >= 0.3 is 5.97 Å². The number of pyridine rings is 1. The molecule has 1 aliphatic heterocycles. The van der Waals surface area contributed by atoms with Crippen molar-refractivity contribution in [2.24, 2.45) is 11.8 Å². The summed E-state index contributed by atoms with van der Waals surface area (Å²) in [6.07, 6.45) is 4.11. The molecule has 0 bridgehead atoms. The van der Waals surface area contributed by atoms with Gasteiger partial charge in [-0.05, 0) is 86.5 Å². The third kappa shape index (κ3) is 7.55. The second-order valence-corrected chi connectivity index (χ2v) is 9.21. The van der Waals surface area contributed by atoms with Crippen LogP contribution in [0.15, 0.2) is 60.8 Å². The van der Waals surface area contributed by atoms with Crippen LogP contribution in [0.1, 0.15) is 43.0 Å². The standard InChI is InChI=1S/C28H33FN2O3.2ClH/c1-34-22-10-12-27-24(18-22)23(13-15-30-27)26(29)11-9-21-14-17-31(19-25(21)28(32)33)16-5-8-20-6-3-2-4-7-20;;/h2-4,6-7,10,12-13,15,18,21,25-26H,5,8-9,11,14,16-17,19H2,1H3,(H,32,33);2*1H/t21-,25+,26+;;/m1../s1. The van der Waals surface area contributed by atoms with Gasteiger partial charge in [-0.3, -0.25) is 9.78 Å². The molecule has 0 aliphatic carbocycles. The number of aryl methyl sites for hydroxylation is 1. The first-order chi connectivity index (χ1) is 16.5. The van der Waals surface area contributed by atoms with E-state index >= 15 is 4.39 Å². The molecule has 0 spiro atoms. The average Bonchev–Trinajstić information content (AvgIpc) is 2.87. The fourth-order valence-electron chi connectivity index (χ4n) is 5.11. The fraction of sp³-hybridized carbons (Fsp3) is 0.429. The first kappa shape index (κ1) is 29.8. The van der Waals surface area contributed by atoms with Gasteiger partial charge in [0.2, 0.25) is 0 Å². The van der Waals surface area contributed by atoms with Crippen molar-refractivity contribution in [3.63, 3.8) is 0 Å². The quantitative estimate of drug-likeness (QED) is 0.319. The van der Waals surface area contributed by atoms with Crippen molar-refractivity contribution in [2.75, 3.05) is 26.7 Å². The van der Waals surface area contributed by atoms with Gasteiger partial charge in [-0.2, -0.15) is 0 Å². The summed E-state index contributed by atoms with van der Waals surface area (Å²) in [6, 6.07) is 17.5. The van der Waals surface area contributed by atoms with Gasteiger partial charge in [-0.15, -0.1) is 24.8 Å². The van der Waals surface area contributed by atoms with Gasteiger partial charge in [0.25, 0.3) is 0 Å². The largest absolute Gasteiger partial charge is 0.497 e.